The highest BCUT2D eigenvalue weighted by molar-refractivity contribution is 5.79. The highest BCUT2D eigenvalue weighted by Crippen LogP contribution is 2.35. The summed E-state index contributed by atoms with van der Waals surface area (Å²) in [6.07, 6.45) is 5.49. The minimum absolute atomic E-state index is 0.255. The molecule has 3 atom stereocenters. The molecule has 0 amide bonds. The van der Waals surface area contributed by atoms with Crippen molar-refractivity contribution in [2.24, 2.45) is 23.7 Å². The van der Waals surface area contributed by atoms with Crippen LogP contribution in [0, 0.1) is 23.7 Å². The number of rotatable bonds is 2. The highest BCUT2D eigenvalue weighted by atomic mass is 16.1. The van der Waals surface area contributed by atoms with Gasteiger partial charge in [0.05, 0.1) is 0 Å². The van der Waals surface area contributed by atoms with E-state index >= 15 is 0 Å². The third kappa shape index (κ3) is 2.20. The second kappa shape index (κ2) is 4.08. The summed E-state index contributed by atoms with van der Waals surface area (Å²) in [6, 6.07) is 0. The van der Waals surface area contributed by atoms with E-state index in [1.54, 1.807) is 6.92 Å². The predicted octanol–water partition coefficient (Wildman–Crippen LogP) is 3.06. The van der Waals surface area contributed by atoms with Crippen molar-refractivity contribution < 1.29 is 4.79 Å². The first-order chi connectivity index (χ1) is 6.04. The van der Waals surface area contributed by atoms with Gasteiger partial charge in [0.1, 0.15) is 5.78 Å². The van der Waals surface area contributed by atoms with E-state index in [0.29, 0.717) is 23.5 Å². The van der Waals surface area contributed by atoms with Gasteiger partial charge in [-0.15, -0.1) is 0 Å². The van der Waals surface area contributed by atoms with Crippen LogP contribution in [0.1, 0.15) is 34.1 Å². The lowest BCUT2D eigenvalue weighted by atomic mass is 9.70. The Morgan fingerprint density at radius 3 is 2.46 bits per heavy atom. The fourth-order valence-electron chi connectivity index (χ4n) is 2.47. The number of allylic oxidation sites excluding steroid dienone is 2. The lowest BCUT2D eigenvalue weighted by Crippen LogP contribution is -2.32. The molecule has 0 aromatic carbocycles. The fourth-order valence-corrected chi connectivity index (χ4v) is 2.47. The van der Waals surface area contributed by atoms with Crippen LogP contribution in [0.5, 0.6) is 0 Å². The summed E-state index contributed by atoms with van der Waals surface area (Å²) in [6.45, 7) is 8.31. The van der Waals surface area contributed by atoms with Crippen LogP contribution in [0.3, 0.4) is 0 Å². The zero-order valence-corrected chi connectivity index (χ0v) is 9.08. The van der Waals surface area contributed by atoms with Gasteiger partial charge >= 0.3 is 0 Å². The topological polar surface area (TPSA) is 17.1 Å². The van der Waals surface area contributed by atoms with Gasteiger partial charge in [-0.3, -0.25) is 4.79 Å². The Labute approximate surface area is 81.2 Å². The van der Waals surface area contributed by atoms with Gasteiger partial charge in [-0.25, -0.2) is 0 Å². The number of hydrogen-bond donors (Lipinski definition) is 0. The van der Waals surface area contributed by atoms with Gasteiger partial charge in [0.2, 0.25) is 0 Å². The summed E-state index contributed by atoms with van der Waals surface area (Å²) in [5.41, 5.74) is 0. The molecule has 1 rings (SSSR count). The molecule has 0 aromatic heterocycles. The molecule has 0 fully saturated rings. The molecule has 0 aromatic rings. The van der Waals surface area contributed by atoms with E-state index in [4.69, 9.17) is 0 Å². The van der Waals surface area contributed by atoms with E-state index in [2.05, 4.69) is 32.9 Å². The third-order valence-electron chi connectivity index (χ3n) is 3.20. The molecule has 0 spiro atoms. The zero-order chi connectivity index (χ0) is 10.0. The van der Waals surface area contributed by atoms with Crippen LogP contribution >= 0.6 is 0 Å². The van der Waals surface area contributed by atoms with Crippen molar-refractivity contribution in [2.75, 3.05) is 0 Å². The molecule has 1 aliphatic carbocycles. The normalized spacial score (nSPS) is 33.8. The molecule has 3 unspecified atom stereocenters. The Morgan fingerprint density at radius 2 is 2.08 bits per heavy atom. The van der Waals surface area contributed by atoms with Crippen LogP contribution in [-0.4, -0.2) is 5.78 Å². The first kappa shape index (κ1) is 10.5. The van der Waals surface area contributed by atoms with E-state index < -0.39 is 0 Å². The molecule has 74 valence electrons. The van der Waals surface area contributed by atoms with E-state index in [0.717, 1.165) is 6.42 Å². The molecule has 1 nitrogen and oxygen atoms in total. The Morgan fingerprint density at radius 1 is 1.46 bits per heavy atom. The van der Waals surface area contributed by atoms with E-state index in [-0.39, 0.29) is 5.92 Å². The number of carbonyl (C=O) groups excluding carboxylic acids is 1. The van der Waals surface area contributed by atoms with Crippen LogP contribution in [0.2, 0.25) is 0 Å². The maximum atomic E-state index is 11.5. The number of hydrogen-bond acceptors (Lipinski definition) is 1. The lowest BCUT2D eigenvalue weighted by molar-refractivity contribution is -0.124. The lowest BCUT2D eigenvalue weighted by Gasteiger charge is -2.33. The zero-order valence-electron chi connectivity index (χ0n) is 9.08. The molecule has 0 N–H and O–H groups in total. The molecule has 0 heterocycles. The van der Waals surface area contributed by atoms with Gasteiger partial charge in [0.25, 0.3) is 0 Å². The van der Waals surface area contributed by atoms with Crippen LogP contribution in [-0.2, 0) is 4.79 Å². The molecular weight excluding hydrogens is 160 g/mol. The SMILES string of the molecule is CC(=O)C1C(C)C=CCC1C(C)C. The van der Waals surface area contributed by atoms with E-state index in [1.807, 2.05) is 0 Å². The van der Waals surface area contributed by atoms with Crippen molar-refractivity contribution in [3.8, 4) is 0 Å². The fraction of sp³-hybridized carbons (Fsp3) is 0.750. The van der Waals surface area contributed by atoms with Crippen molar-refractivity contribution in [3.63, 3.8) is 0 Å². The van der Waals surface area contributed by atoms with Crippen molar-refractivity contribution in [1.82, 2.24) is 0 Å². The standard InChI is InChI=1S/C12H20O/c1-8(2)11-7-5-6-9(3)12(11)10(4)13/h5-6,8-9,11-12H,7H2,1-4H3. The number of ketones is 1. The summed E-state index contributed by atoms with van der Waals surface area (Å²) >= 11 is 0. The average Bonchev–Trinajstić information content (AvgIpc) is 2.02. The van der Waals surface area contributed by atoms with E-state index in [1.165, 1.54) is 0 Å². The van der Waals surface area contributed by atoms with Crippen molar-refractivity contribution in [1.29, 1.82) is 0 Å². The smallest absolute Gasteiger partial charge is 0.133 e. The second-order valence-corrected chi connectivity index (χ2v) is 4.57. The predicted molar refractivity (Wildman–Crippen MR) is 55.4 cm³/mol. The Bertz CT molecular complexity index is 215. The van der Waals surface area contributed by atoms with E-state index in [9.17, 15) is 4.79 Å². The highest BCUT2D eigenvalue weighted by Gasteiger charge is 2.32. The molecule has 0 saturated carbocycles. The van der Waals surface area contributed by atoms with Crippen LogP contribution < -0.4 is 0 Å². The summed E-state index contributed by atoms with van der Waals surface area (Å²) in [4.78, 5) is 11.5. The van der Waals surface area contributed by atoms with Crippen molar-refractivity contribution >= 4 is 5.78 Å². The molecule has 13 heavy (non-hydrogen) atoms. The Balaban J connectivity index is 2.83. The number of Topliss-reactive ketones (excluding diaryl/α,β-unsaturated/α-hetero) is 1. The average molecular weight is 180 g/mol. The molecule has 0 bridgehead atoms. The van der Waals surface area contributed by atoms with Gasteiger partial charge in [-0.1, -0.05) is 32.9 Å². The monoisotopic (exact) mass is 180 g/mol. The summed E-state index contributed by atoms with van der Waals surface area (Å²) in [5.74, 6) is 2.21. The summed E-state index contributed by atoms with van der Waals surface area (Å²) in [7, 11) is 0. The first-order valence-corrected chi connectivity index (χ1v) is 5.21. The minimum atomic E-state index is 0.255. The van der Waals surface area contributed by atoms with Gasteiger partial charge in [-0.05, 0) is 31.1 Å². The molecular formula is C12H20O. The van der Waals surface area contributed by atoms with Crippen LogP contribution in [0.4, 0.5) is 0 Å². The summed E-state index contributed by atoms with van der Waals surface area (Å²) < 4.78 is 0. The molecule has 1 aliphatic rings. The van der Waals surface area contributed by atoms with Crippen molar-refractivity contribution in [2.45, 2.75) is 34.1 Å². The Hall–Kier alpha value is -0.590. The van der Waals surface area contributed by atoms with Crippen molar-refractivity contribution in [3.05, 3.63) is 12.2 Å². The largest absolute Gasteiger partial charge is 0.300 e. The third-order valence-corrected chi connectivity index (χ3v) is 3.20. The van der Waals surface area contributed by atoms with Gasteiger partial charge in [-0.2, -0.15) is 0 Å². The maximum absolute atomic E-state index is 11.5. The summed E-state index contributed by atoms with van der Waals surface area (Å²) in [5, 5.41) is 0. The van der Waals surface area contributed by atoms with Gasteiger partial charge in [0, 0.05) is 5.92 Å². The van der Waals surface area contributed by atoms with Crippen LogP contribution in [0.15, 0.2) is 12.2 Å². The molecule has 0 aliphatic heterocycles. The molecule has 0 radical (unpaired) electrons. The Kier molecular flexibility index (Phi) is 3.29. The molecule has 0 saturated heterocycles. The van der Waals surface area contributed by atoms with Gasteiger partial charge in [0.15, 0.2) is 0 Å². The minimum Gasteiger partial charge on any atom is -0.300 e. The van der Waals surface area contributed by atoms with Gasteiger partial charge < -0.3 is 0 Å². The second-order valence-electron chi connectivity index (χ2n) is 4.57. The molecule has 1 heteroatoms. The number of carbonyl (C=O) groups is 1. The first-order valence-electron chi connectivity index (χ1n) is 5.21. The van der Waals surface area contributed by atoms with Crippen LogP contribution in [0.25, 0.3) is 0 Å². The maximum Gasteiger partial charge on any atom is 0.133 e. The quantitative estimate of drug-likeness (QED) is 0.597.